The Morgan fingerprint density at radius 2 is 0.794 bits per heavy atom. The number of rotatable bonds is 8. The van der Waals surface area contributed by atoms with Gasteiger partial charge in [0.1, 0.15) is 0 Å². The third kappa shape index (κ3) is 8.34. The summed E-state index contributed by atoms with van der Waals surface area (Å²) in [6.07, 6.45) is 11.2. The molecule has 0 fully saturated rings. The monoisotopic (exact) mass is 871 g/mol. The summed E-state index contributed by atoms with van der Waals surface area (Å²) in [4.78, 5) is 21.8. The molecule has 4 aliphatic rings. The Morgan fingerprint density at radius 1 is 0.429 bits per heavy atom. The molecule has 0 unspecified atom stereocenters. The minimum atomic E-state index is 0. The maximum Gasteiger partial charge on any atom is 2.00 e. The zero-order chi connectivity index (χ0) is 43.2. The zero-order valence-corrected chi connectivity index (χ0v) is 38.1. The first-order chi connectivity index (χ1) is 30.0. The van der Waals surface area contributed by atoms with Gasteiger partial charge < -0.3 is 10.1 Å². The van der Waals surface area contributed by atoms with Crippen LogP contribution in [0.1, 0.15) is 124 Å². The minimum absolute atomic E-state index is 0. The van der Waals surface area contributed by atoms with Gasteiger partial charge in [0.25, 0.3) is 0 Å². The molecule has 1 aromatic heterocycles. The molecule has 5 nitrogen and oxygen atoms in total. The van der Waals surface area contributed by atoms with Crippen molar-refractivity contribution in [3.63, 3.8) is 0 Å². The van der Waals surface area contributed by atoms with Crippen LogP contribution in [0.15, 0.2) is 183 Å². The molecule has 63 heavy (non-hydrogen) atoms. The fraction of sp³-hybridized carbons (Fsp3) is 0.211. The van der Waals surface area contributed by atoms with Crippen molar-refractivity contribution in [3.05, 3.63) is 224 Å². The van der Waals surface area contributed by atoms with E-state index in [1.165, 1.54) is 22.3 Å². The van der Waals surface area contributed by atoms with Crippen LogP contribution in [0.4, 0.5) is 0 Å². The molecule has 4 aromatic carbocycles. The normalized spacial score (nSPS) is 16.5. The van der Waals surface area contributed by atoms with Crippen LogP contribution < -0.4 is 20.8 Å². The van der Waals surface area contributed by atoms with Gasteiger partial charge in [0.15, 0.2) is 0 Å². The van der Waals surface area contributed by atoms with E-state index in [0.717, 1.165) is 84.3 Å². The largest absolute Gasteiger partial charge is 2.00 e. The maximum absolute atomic E-state index is 13.3. The quantitative estimate of drug-likeness (QED) is 0.115. The van der Waals surface area contributed by atoms with Gasteiger partial charge in [0.05, 0.1) is 34.2 Å². The standard InChI is InChI=1S/C57H53N4O.Cu/c1-33(2)37-9-17-41(18-10-37)53-46-25-26-47(58-46)54(42-19-11-38(12-20-42)34(3)4)49-29-30-51(60-49)56(44-23-15-40(16-24-44)36(7)8)57-45(32-62)31-52(61-57)55(50-28-27-48(53)59-50)43-21-13-39(14-22-43)35(5)6;/h9-36H,1-8H3,(H-,58,59,60,61,62);/q-1;+2/p-1. The van der Waals surface area contributed by atoms with Crippen molar-refractivity contribution in [1.29, 1.82) is 0 Å². The van der Waals surface area contributed by atoms with Gasteiger partial charge in [-0.15, -0.1) is 17.0 Å². The van der Waals surface area contributed by atoms with Gasteiger partial charge in [-0.2, -0.15) is 0 Å². The molecule has 1 radical (unpaired) electrons. The van der Waals surface area contributed by atoms with E-state index in [1.807, 2.05) is 6.08 Å². The van der Waals surface area contributed by atoms with Crippen LogP contribution in [-0.2, 0) is 17.1 Å². The van der Waals surface area contributed by atoms with E-state index in [2.05, 4.69) is 189 Å². The van der Waals surface area contributed by atoms with Crippen LogP contribution in [0.5, 0.6) is 0 Å². The molecule has 0 atom stereocenters. The summed E-state index contributed by atoms with van der Waals surface area (Å²) in [5.41, 5.74) is 17.5. The van der Waals surface area contributed by atoms with Crippen molar-refractivity contribution in [1.82, 2.24) is 4.98 Å². The number of nitrogens with zero attached hydrogens (tertiary/aromatic N) is 4. The predicted octanol–water partition coefficient (Wildman–Crippen LogP) is 11.0. The third-order valence-electron chi connectivity index (χ3n) is 12.3. The molecule has 0 saturated heterocycles. The molecule has 0 aliphatic carbocycles. The first kappa shape index (κ1) is 43.3. The number of fused-ring (bicyclic) bond motifs is 5. The summed E-state index contributed by atoms with van der Waals surface area (Å²) < 4.78 is 0. The van der Waals surface area contributed by atoms with E-state index in [4.69, 9.17) is 20.0 Å². The summed E-state index contributed by atoms with van der Waals surface area (Å²) in [6.45, 7) is 17.6. The first-order valence-electron chi connectivity index (χ1n) is 21.9. The number of benzene rings is 4. The van der Waals surface area contributed by atoms with Gasteiger partial charge in [-0.1, -0.05) is 165 Å². The number of aromatic nitrogens is 1. The summed E-state index contributed by atoms with van der Waals surface area (Å²) in [5.74, 6) is 1.53. The van der Waals surface area contributed by atoms with Crippen molar-refractivity contribution in [2.45, 2.75) is 79.1 Å². The van der Waals surface area contributed by atoms with Gasteiger partial charge in [0, 0.05) is 11.1 Å². The molecule has 0 saturated carbocycles. The Morgan fingerprint density at radius 3 is 1.22 bits per heavy atom. The summed E-state index contributed by atoms with van der Waals surface area (Å²) >= 11 is 0. The van der Waals surface area contributed by atoms with Crippen LogP contribution >= 0.6 is 0 Å². The van der Waals surface area contributed by atoms with Gasteiger partial charge in [-0.3, -0.25) is 0 Å². The zero-order valence-electron chi connectivity index (χ0n) is 37.2. The maximum atomic E-state index is 13.3. The van der Waals surface area contributed by atoms with Crippen LogP contribution in [0.2, 0.25) is 0 Å². The van der Waals surface area contributed by atoms with E-state index in [0.29, 0.717) is 40.7 Å². The van der Waals surface area contributed by atoms with Gasteiger partial charge in [-0.05, 0) is 115 Å². The second-order valence-electron chi connectivity index (χ2n) is 17.8. The second-order valence-corrected chi connectivity index (χ2v) is 17.8. The molecule has 9 rings (SSSR count). The van der Waals surface area contributed by atoms with Crippen LogP contribution in [0.3, 0.4) is 0 Å². The molecular formula is C57H52CuN4O. The van der Waals surface area contributed by atoms with E-state index in [9.17, 15) is 5.11 Å². The Bertz CT molecular complexity index is 3010. The average Bonchev–Trinajstić information content (AvgIpc) is 4.12. The predicted molar refractivity (Wildman–Crippen MR) is 257 cm³/mol. The molecular weight excluding hydrogens is 820 g/mol. The van der Waals surface area contributed by atoms with Gasteiger partial charge >= 0.3 is 17.1 Å². The molecule has 4 aliphatic heterocycles. The number of hydrogen-bond donors (Lipinski definition) is 0. The van der Waals surface area contributed by atoms with Gasteiger partial charge in [-0.25, -0.2) is 15.0 Å². The molecule has 5 heterocycles. The Balaban J connectivity index is 0.00000544. The molecule has 6 heteroatoms. The molecule has 0 spiro atoms. The van der Waals surface area contributed by atoms with Crippen molar-refractivity contribution >= 4 is 39.4 Å². The fourth-order valence-corrected chi connectivity index (χ4v) is 8.60. The second kappa shape index (κ2) is 17.8. The third-order valence-corrected chi connectivity index (χ3v) is 12.3. The van der Waals surface area contributed by atoms with Crippen LogP contribution in [0, 0.1) is 0 Å². The SMILES string of the molecule is CC(C)c1ccc(C2=C3C=CC(=N3)C(c3ccc(C(C)C)cc3)=C3C=CC(=N3)C(c3ccc(C(C)C)cc3)=c3ccc([n-]3)=C(c3ccc(C(C)C)cc3)C3=NC2=CC3=C[O-])cc1.[Cu+2]. The number of allylic oxidation sites excluding steroid dienone is 8. The molecule has 5 aromatic rings. The summed E-state index contributed by atoms with van der Waals surface area (Å²) in [7, 11) is 0. The Labute approximate surface area is 382 Å². The van der Waals surface area contributed by atoms with E-state index in [1.54, 1.807) is 0 Å². The number of hydrogen-bond acceptors (Lipinski definition) is 4. The topological polar surface area (TPSA) is 74.2 Å². The van der Waals surface area contributed by atoms with E-state index < -0.39 is 0 Å². The summed E-state index contributed by atoms with van der Waals surface area (Å²) in [5, 5.41) is 14.8. The molecule has 0 N–H and O–H groups in total. The van der Waals surface area contributed by atoms with Crippen molar-refractivity contribution < 1.29 is 22.2 Å². The van der Waals surface area contributed by atoms with Crippen molar-refractivity contribution in [2.75, 3.05) is 0 Å². The van der Waals surface area contributed by atoms with E-state index in [-0.39, 0.29) is 17.1 Å². The summed E-state index contributed by atoms with van der Waals surface area (Å²) in [6, 6.07) is 38.9. The van der Waals surface area contributed by atoms with Gasteiger partial charge in [0.2, 0.25) is 0 Å². The van der Waals surface area contributed by atoms with Crippen molar-refractivity contribution in [3.8, 4) is 0 Å². The number of aliphatic imine (C=N–C) groups is 3. The van der Waals surface area contributed by atoms with Crippen LogP contribution in [-0.4, -0.2) is 17.1 Å². The first-order valence-corrected chi connectivity index (χ1v) is 21.9. The average molecular weight is 873 g/mol. The van der Waals surface area contributed by atoms with E-state index >= 15 is 0 Å². The van der Waals surface area contributed by atoms with Crippen molar-refractivity contribution in [2.24, 2.45) is 15.0 Å². The fourth-order valence-electron chi connectivity index (χ4n) is 8.60. The molecule has 8 bridgehead atoms. The molecule has 317 valence electrons. The Kier molecular flexibility index (Phi) is 12.2. The molecule has 0 amide bonds. The minimum Gasteiger partial charge on any atom is -0.877 e. The Hall–Kier alpha value is -6.33. The smallest absolute Gasteiger partial charge is 0.877 e. The van der Waals surface area contributed by atoms with Crippen LogP contribution in [0.25, 0.3) is 22.3 Å².